The molecule has 0 radical (unpaired) electrons. The first-order chi connectivity index (χ1) is 13.3. The Morgan fingerprint density at radius 1 is 1.25 bits per heavy atom. The number of nitrogens with one attached hydrogen (secondary N) is 1. The summed E-state index contributed by atoms with van der Waals surface area (Å²) in [6.07, 6.45) is 0.876. The number of fused-ring (bicyclic) bond motifs is 3. The van der Waals surface area contributed by atoms with E-state index < -0.39 is 0 Å². The predicted molar refractivity (Wildman–Crippen MR) is 123 cm³/mol. The average molecular weight is 414 g/mol. The molecular formula is C22H28N2O2P2. The largest absolute Gasteiger partial charge is 0.417 e. The molecule has 0 saturated heterocycles. The van der Waals surface area contributed by atoms with E-state index in [1.54, 1.807) is 0 Å². The van der Waals surface area contributed by atoms with Gasteiger partial charge in [-0.05, 0) is 59.6 Å². The molecule has 2 aromatic carbocycles. The molecular weight excluding hydrogens is 386 g/mol. The molecule has 3 unspecified atom stereocenters. The van der Waals surface area contributed by atoms with Crippen molar-refractivity contribution in [3.63, 3.8) is 0 Å². The van der Waals surface area contributed by atoms with Gasteiger partial charge in [0.2, 0.25) is 0 Å². The van der Waals surface area contributed by atoms with Gasteiger partial charge in [-0.15, -0.1) is 18.5 Å². The van der Waals surface area contributed by atoms with Crippen LogP contribution < -0.4 is 16.4 Å². The lowest BCUT2D eigenvalue weighted by Gasteiger charge is -2.44. The Hall–Kier alpha value is -1.47. The average Bonchev–Trinajstić information content (AvgIpc) is 2.97. The Bertz CT molecular complexity index is 1080. The minimum absolute atomic E-state index is 0.131. The van der Waals surface area contributed by atoms with E-state index in [2.05, 4.69) is 74.3 Å². The summed E-state index contributed by atoms with van der Waals surface area (Å²) in [4.78, 5) is 17.2. The van der Waals surface area contributed by atoms with Crippen molar-refractivity contribution >= 4 is 40.2 Å². The summed E-state index contributed by atoms with van der Waals surface area (Å²) in [6, 6.07) is 9.09. The number of benzene rings is 2. The quantitative estimate of drug-likeness (QED) is 0.669. The molecule has 1 aliphatic heterocycles. The van der Waals surface area contributed by atoms with Crippen molar-refractivity contribution in [2.75, 3.05) is 6.54 Å². The summed E-state index contributed by atoms with van der Waals surface area (Å²) in [6.45, 7) is 9.97. The van der Waals surface area contributed by atoms with Gasteiger partial charge in [0.05, 0.1) is 11.6 Å². The standard InChI is InChI=1S/C22H28N2O2P2/c1-11(2)10-24-13(4)9-15-14(5-6-16-21(15)26-22(25)23-16)20(24)19-17(27)7-12(3)8-18(19)28/h5-8,11,13,20H,9-10,27-28H2,1-4H3,(H,23,25)/t13-,20?/m1/s1. The summed E-state index contributed by atoms with van der Waals surface area (Å²) in [5.74, 6) is 0.179. The van der Waals surface area contributed by atoms with Gasteiger partial charge in [0, 0.05) is 18.2 Å². The van der Waals surface area contributed by atoms with E-state index in [0.29, 0.717) is 17.5 Å². The molecule has 0 saturated carbocycles. The van der Waals surface area contributed by atoms with Gasteiger partial charge in [-0.2, -0.15) is 0 Å². The molecule has 0 spiro atoms. The molecule has 1 aliphatic rings. The van der Waals surface area contributed by atoms with Crippen molar-refractivity contribution in [1.82, 2.24) is 9.88 Å². The number of aryl methyl sites for hydroxylation is 1. The van der Waals surface area contributed by atoms with Crippen LogP contribution in [0.15, 0.2) is 33.5 Å². The number of H-pyrrole nitrogens is 1. The van der Waals surface area contributed by atoms with Gasteiger partial charge in [0.15, 0.2) is 5.58 Å². The number of nitrogens with zero attached hydrogens (tertiary/aromatic N) is 1. The minimum Gasteiger partial charge on any atom is -0.408 e. The number of hydrogen-bond donors (Lipinski definition) is 1. The van der Waals surface area contributed by atoms with Crippen LogP contribution in [0.1, 0.15) is 49.1 Å². The highest BCUT2D eigenvalue weighted by Crippen LogP contribution is 2.40. The lowest BCUT2D eigenvalue weighted by Crippen LogP contribution is -2.46. The lowest BCUT2D eigenvalue weighted by atomic mass is 9.83. The van der Waals surface area contributed by atoms with E-state index in [-0.39, 0.29) is 11.8 Å². The number of aromatic amines is 1. The third-order valence-electron chi connectivity index (χ3n) is 5.66. The maximum Gasteiger partial charge on any atom is 0.417 e. The van der Waals surface area contributed by atoms with Gasteiger partial charge in [0.25, 0.3) is 0 Å². The van der Waals surface area contributed by atoms with Crippen LogP contribution in [0.4, 0.5) is 0 Å². The van der Waals surface area contributed by atoms with Gasteiger partial charge < -0.3 is 4.42 Å². The lowest BCUT2D eigenvalue weighted by molar-refractivity contribution is 0.134. The molecule has 3 aromatic rings. The van der Waals surface area contributed by atoms with Crippen molar-refractivity contribution in [2.24, 2.45) is 5.92 Å². The number of oxazole rings is 1. The number of aromatic nitrogens is 1. The molecule has 4 atom stereocenters. The van der Waals surface area contributed by atoms with Crippen LogP contribution in [0.2, 0.25) is 0 Å². The molecule has 0 amide bonds. The topological polar surface area (TPSA) is 49.2 Å². The van der Waals surface area contributed by atoms with E-state index in [4.69, 9.17) is 4.42 Å². The van der Waals surface area contributed by atoms with Crippen LogP contribution >= 0.6 is 18.5 Å². The molecule has 0 aliphatic carbocycles. The second kappa shape index (κ2) is 7.41. The summed E-state index contributed by atoms with van der Waals surface area (Å²) < 4.78 is 5.55. The molecule has 4 nitrogen and oxygen atoms in total. The molecule has 0 fully saturated rings. The van der Waals surface area contributed by atoms with Crippen molar-refractivity contribution in [2.45, 2.75) is 46.2 Å². The van der Waals surface area contributed by atoms with E-state index in [1.165, 1.54) is 27.3 Å². The zero-order chi connectivity index (χ0) is 20.2. The first-order valence-corrected chi connectivity index (χ1v) is 11.0. The van der Waals surface area contributed by atoms with Crippen LogP contribution in [-0.2, 0) is 6.42 Å². The van der Waals surface area contributed by atoms with Crippen molar-refractivity contribution < 1.29 is 4.42 Å². The van der Waals surface area contributed by atoms with Crippen molar-refractivity contribution in [3.05, 3.63) is 57.1 Å². The fraction of sp³-hybridized carbons (Fsp3) is 0.409. The third kappa shape index (κ3) is 3.36. The van der Waals surface area contributed by atoms with Crippen LogP contribution in [0, 0.1) is 12.8 Å². The van der Waals surface area contributed by atoms with E-state index >= 15 is 0 Å². The van der Waals surface area contributed by atoms with E-state index in [9.17, 15) is 4.79 Å². The SMILES string of the molecule is Cc1cc(P)c(C2c3ccc4[nH]c(=O)oc4c3C[C@@H](C)N2CC(C)C)c(P)c1. The highest BCUT2D eigenvalue weighted by Gasteiger charge is 2.36. The molecule has 6 heteroatoms. The summed E-state index contributed by atoms with van der Waals surface area (Å²) in [7, 11) is 5.86. The predicted octanol–water partition coefficient (Wildman–Crippen LogP) is 3.42. The Morgan fingerprint density at radius 2 is 1.93 bits per heavy atom. The highest BCUT2D eigenvalue weighted by molar-refractivity contribution is 7.29. The van der Waals surface area contributed by atoms with Crippen LogP contribution in [0.25, 0.3) is 11.1 Å². The smallest absolute Gasteiger partial charge is 0.408 e. The Morgan fingerprint density at radius 3 is 2.57 bits per heavy atom. The minimum atomic E-state index is -0.383. The monoisotopic (exact) mass is 414 g/mol. The maximum atomic E-state index is 11.8. The van der Waals surface area contributed by atoms with E-state index in [0.717, 1.165) is 24.0 Å². The van der Waals surface area contributed by atoms with Crippen LogP contribution in [-0.4, -0.2) is 22.5 Å². The summed E-state index contributed by atoms with van der Waals surface area (Å²) in [5.41, 5.74) is 6.46. The fourth-order valence-corrected chi connectivity index (χ4v) is 5.94. The number of rotatable bonds is 3. The zero-order valence-electron chi connectivity index (χ0n) is 16.9. The van der Waals surface area contributed by atoms with Gasteiger partial charge in [-0.25, -0.2) is 4.79 Å². The van der Waals surface area contributed by atoms with Gasteiger partial charge >= 0.3 is 5.76 Å². The molecule has 0 bridgehead atoms. The molecule has 1 N–H and O–H groups in total. The van der Waals surface area contributed by atoms with Gasteiger partial charge in [-0.3, -0.25) is 9.88 Å². The summed E-state index contributed by atoms with van der Waals surface area (Å²) >= 11 is 0. The first-order valence-electron chi connectivity index (χ1n) is 9.82. The third-order valence-corrected chi connectivity index (χ3v) is 6.61. The molecule has 2 heterocycles. The van der Waals surface area contributed by atoms with Gasteiger partial charge in [-0.1, -0.05) is 32.0 Å². The Kier molecular flexibility index (Phi) is 5.25. The second-order valence-electron chi connectivity index (χ2n) is 8.43. The molecule has 1 aromatic heterocycles. The number of hydrogen-bond acceptors (Lipinski definition) is 3. The van der Waals surface area contributed by atoms with Gasteiger partial charge in [0.1, 0.15) is 0 Å². The Balaban J connectivity index is 2.00. The van der Waals surface area contributed by atoms with Crippen molar-refractivity contribution in [1.29, 1.82) is 0 Å². The zero-order valence-corrected chi connectivity index (χ0v) is 19.2. The Labute approximate surface area is 170 Å². The second-order valence-corrected chi connectivity index (χ2v) is 9.67. The molecule has 148 valence electrons. The highest BCUT2D eigenvalue weighted by atomic mass is 31.0. The summed E-state index contributed by atoms with van der Waals surface area (Å²) in [5, 5.41) is 2.44. The first kappa shape index (κ1) is 19.8. The normalized spacial score (nSPS) is 20.1. The molecule has 28 heavy (non-hydrogen) atoms. The maximum absolute atomic E-state index is 11.8. The van der Waals surface area contributed by atoms with Crippen LogP contribution in [0.5, 0.6) is 0 Å². The molecule has 4 rings (SSSR count). The van der Waals surface area contributed by atoms with Crippen molar-refractivity contribution in [3.8, 4) is 0 Å². The van der Waals surface area contributed by atoms with Crippen LogP contribution in [0.3, 0.4) is 0 Å². The fourth-order valence-electron chi connectivity index (χ4n) is 4.60. The van der Waals surface area contributed by atoms with E-state index in [1.807, 2.05) is 6.07 Å².